The summed E-state index contributed by atoms with van der Waals surface area (Å²) < 4.78 is 0. The lowest BCUT2D eigenvalue weighted by Crippen LogP contribution is -2.44. The van der Waals surface area contributed by atoms with Crippen LogP contribution in [0.25, 0.3) is 0 Å². The molecule has 3 heterocycles. The second-order valence-electron chi connectivity index (χ2n) is 6.43. The van der Waals surface area contributed by atoms with Gasteiger partial charge in [-0.3, -0.25) is 9.78 Å². The van der Waals surface area contributed by atoms with Crippen molar-refractivity contribution < 1.29 is 4.79 Å². The maximum absolute atomic E-state index is 12.3. The highest BCUT2D eigenvalue weighted by molar-refractivity contribution is 7.98. The summed E-state index contributed by atoms with van der Waals surface area (Å²) in [6.45, 7) is 4.20. The number of likely N-dealkylation sites (tertiary alicyclic amines) is 1. The molecule has 0 unspecified atom stereocenters. The number of carbonyl (C=O) groups is 1. The largest absolute Gasteiger partial charge is 0.343 e. The number of nitrogens with zero attached hydrogens (tertiary/aromatic N) is 2. The van der Waals surface area contributed by atoms with E-state index < -0.39 is 0 Å². The number of thioether (sulfide) groups is 1. The summed E-state index contributed by atoms with van der Waals surface area (Å²) in [4.78, 5) is 18.7. The molecule has 0 radical (unpaired) electrons. The van der Waals surface area contributed by atoms with Crippen LogP contribution in [-0.2, 0) is 10.5 Å². The average molecular weight is 319 g/mol. The molecule has 0 atom stereocenters. The molecule has 2 saturated heterocycles. The van der Waals surface area contributed by atoms with E-state index in [0.29, 0.717) is 17.7 Å². The molecule has 22 heavy (non-hydrogen) atoms. The molecular weight excluding hydrogens is 294 g/mol. The minimum absolute atomic E-state index is 0.328. The van der Waals surface area contributed by atoms with Crippen LogP contribution in [0.2, 0.25) is 0 Å². The van der Waals surface area contributed by atoms with E-state index in [9.17, 15) is 4.79 Å². The predicted octanol–water partition coefficient (Wildman–Crippen LogP) is 2.31. The molecule has 5 heteroatoms. The molecule has 3 rings (SSSR count). The molecule has 2 fully saturated rings. The molecule has 4 nitrogen and oxygen atoms in total. The van der Waals surface area contributed by atoms with Crippen LogP contribution in [0.15, 0.2) is 24.4 Å². The molecule has 0 aliphatic carbocycles. The van der Waals surface area contributed by atoms with E-state index in [1.807, 2.05) is 24.4 Å². The fraction of sp³-hybridized carbons (Fsp3) is 0.647. The lowest BCUT2D eigenvalue weighted by molar-refractivity contribution is -0.132. The molecule has 1 spiro atoms. The van der Waals surface area contributed by atoms with Crippen molar-refractivity contribution >= 4 is 17.7 Å². The van der Waals surface area contributed by atoms with Crippen LogP contribution in [0, 0.1) is 5.41 Å². The molecule has 1 aromatic heterocycles. The van der Waals surface area contributed by atoms with Crippen LogP contribution in [0.1, 0.15) is 31.4 Å². The summed E-state index contributed by atoms with van der Waals surface area (Å²) in [5.74, 6) is 2.11. The fourth-order valence-corrected chi connectivity index (χ4v) is 4.27. The van der Waals surface area contributed by atoms with Gasteiger partial charge < -0.3 is 10.2 Å². The van der Waals surface area contributed by atoms with Crippen molar-refractivity contribution in [2.24, 2.45) is 5.41 Å². The zero-order valence-electron chi connectivity index (χ0n) is 13.1. The van der Waals surface area contributed by atoms with Gasteiger partial charge in [-0.1, -0.05) is 6.07 Å². The van der Waals surface area contributed by atoms with Crippen LogP contribution in [-0.4, -0.2) is 47.7 Å². The molecule has 2 aliphatic rings. The van der Waals surface area contributed by atoms with Gasteiger partial charge in [0.15, 0.2) is 0 Å². The molecule has 0 aromatic carbocycles. The summed E-state index contributed by atoms with van der Waals surface area (Å²) in [6.07, 6.45) is 6.11. The Morgan fingerprint density at radius 3 is 2.86 bits per heavy atom. The van der Waals surface area contributed by atoms with E-state index in [-0.39, 0.29) is 0 Å². The van der Waals surface area contributed by atoms with Crippen LogP contribution in [0.3, 0.4) is 0 Å². The number of hydrogen-bond donors (Lipinski definition) is 1. The first-order chi connectivity index (χ1) is 10.8. The topological polar surface area (TPSA) is 45.2 Å². The zero-order valence-corrected chi connectivity index (χ0v) is 13.9. The average Bonchev–Trinajstić information content (AvgIpc) is 3.01. The second-order valence-corrected chi connectivity index (χ2v) is 7.54. The van der Waals surface area contributed by atoms with Gasteiger partial charge in [0.05, 0.1) is 5.69 Å². The van der Waals surface area contributed by atoms with E-state index in [0.717, 1.165) is 43.4 Å². The van der Waals surface area contributed by atoms with E-state index in [2.05, 4.69) is 15.2 Å². The van der Waals surface area contributed by atoms with Crippen LogP contribution in [0.4, 0.5) is 0 Å². The highest BCUT2D eigenvalue weighted by Crippen LogP contribution is 2.37. The van der Waals surface area contributed by atoms with E-state index in [1.54, 1.807) is 11.8 Å². The number of piperidine rings is 1. The Bertz CT molecular complexity index is 478. The van der Waals surface area contributed by atoms with E-state index in [4.69, 9.17) is 0 Å². The Balaban J connectivity index is 1.34. The number of rotatable bonds is 5. The first-order valence-electron chi connectivity index (χ1n) is 8.24. The molecule has 0 bridgehead atoms. The van der Waals surface area contributed by atoms with Crippen molar-refractivity contribution in [3.63, 3.8) is 0 Å². The van der Waals surface area contributed by atoms with Crippen molar-refractivity contribution in [2.75, 3.05) is 31.9 Å². The Kier molecular flexibility index (Phi) is 5.37. The molecule has 1 aromatic rings. The first kappa shape index (κ1) is 15.8. The number of aromatic nitrogens is 1. The molecule has 1 N–H and O–H groups in total. The SMILES string of the molecule is O=C(CCSCc1ccccn1)N1CCC2(CCNC2)CC1. The van der Waals surface area contributed by atoms with Gasteiger partial charge in [-0.2, -0.15) is 11.8 Å². The number of hydrogen-bond acceptors (Lipinski definition) is 4. The highest BCUT2D eigenvalue weighted by atomic mass is 32.2. The van der Waals surface area contributed by atoms with Crippen molar-refractivity contribution in [3.05, 3.63) is 30.1 Å². The van der Waals surface area contributed by atoms with Gasteiger partial charge in [0, 0.05) is 43.8 Å². The lowest BCUT2D eigenvalue weighted by atomic mass is 9.78. The minimum Gasteiger partial charge on any atom is -0.343 e. The van der Waals surface area contributed by atoms with Crippen LogP contribution in [0.5, 0.6) is 0 Å². The molecule has 120 valence electrons. The normalized spacial score (nSPS) is 20.5. The second kappa shape index (κ2) is 7.47. The van der Waals surface area contributed by atoms with Crippen molar-refractivity contribution in [1.82, 2.24) is 15.2 Å². The number of pyridine rings is 1. The number of amides is 1. The monoisotopic (exact) mass is 319 g/mol. The van der Waals surface area contributed by atoms with Crippen LogP contribution < -0.4 is 5.32 Å². The highest BCUT2D eigenvalue weighted by Gasteiger charge is 2.37. The van der Waals surface area contributed by atoms with Gasteiger partial charge >= 0.3 is 0 Å². The predicted molar refractivity (Wildman–Crippen MR) is 90.7 cm³/mol. The molecular formula is C17H25N3OS. The summed E-state index contributed by atoms with van der Waals surface area (Å²) in [5.41, 5.74) is 1.58. The summed E-state index contributed by atoms with van der Waals surface area (Å²) in [7, 11) is 0. The quantitative estimate of drug-likeness (QED) is 0.846. The van der Waals surface area contributed by atoms with Gasteiger partial charge in [-0.25, -0.2) is 0 Å². The third kappa shape index (κ3) is 4.02. The Hall–Kier alpha value is -1.07. The smallest absolute Gasteiger partial charge is 0.223 e. The summed E-state index contributed by atoms with van der Waals surface area (Å²) in [6, 6.07) is 5.98. The summed E-state index contributed by atoms with van der Waals surface area (Å²) >= 11 is 1.80. The van der Waals surface area contributed by atoms with Gasteiger partial charge in [0.1, 0.15) is 0 Å². The Morgan fingerprint density at radius 1 is 1.32 bits per heavy atom. The maximum atomic E-state index is 12.3. The zero-order chi connectivity index (χ0) is 15.3. The summed E-state index contributed by atoms with van der Waals surface area (Å²) in [5, 5.41) is 3.47. The molecule has 2 aliphatic heterocycles. The van der Waals surface area contributed by atoms with Crippen molar-refractivity contribution in [3.8, 4) is 0 Å². The molecule has 0 saturated carbocycles. The lowest BCUT2D eigenvalue weighted by Gasteiger charge is -2.39. The van der Waals surface area contributed by atoms with Crippen molar-refractivity contribution in [2.45, 2.75) is 31.4 Å². The van der Waals surface area contributed by atoms with Gasteiger partial charge in [-0.05, 0) is 43.4 Å². The molecule has 1 amide bonds. The van der Waals surface area contributed by atoms with Gasteiger partial charge in [0.25, 0.3) is 0 Å². The van der Waals surface area contributed by atoms with Crippen LogP contribution >= 0.6 is 11.8 Å². The van der Waals surface area contributed by atoms with Gasteiger partial charge in [-0.15, -0.1) is 0 Å². The minimum atomic E-state index is 0.328. The third-order valence-corrected chi connectivity index (χ3v) is 5.94. The third-order valence-electron chi connectivity index (χ3n) is 4.95. The first-order valence-corrected chi connectivity index (χ1v) is 9.39. The Labute approximate surface area is 137 Å². The Morgan fingerprint density at radius 2 is 2.18 bits per heavy atom. The van der Waals surface area contributed by atoms with E-state index in [1.165, 1.54) is 19.3 Å². The number of carbonyl (C=O) groups excluding carboxylic acids is 1. The fourth-order valence-electron chi connectivity index (χ4n) is 3.43. The van der Waals surface area contributed by atoms with Gasteiger partial charge in [0.2, 0.25) is 5.91 Å². The van der Waals surface area contributed by atoms with E-state index >= 15 is 0 Å². The standard InChI is InChI=1S/C17H25N3OS/c21-16(4-12-22-13-15-3-1-2-8-19-15)20-10-6-17(7-11-20)5-9-18-14-17/h1-3,8,18H,4-7,9-14H2. The maximum Gasteiger partial charge on any atom is 0.223 e. The van der Waals surface area contributed by atoms with Crippen molar-refractivity contribution in [1.29, 1.82) is 0 Å². The number of nitrogens with one attached hydrogen (secondary N) is 1.